The Morgan fingerprint density at radius 3 is 2.59 bits per heavy atom. The van der Waals surface area contributed by atoms with Crippen molar-refractivity contribution in [2.45, 2.75) is 32.9 Å². The zero-order valence-electron chi connectivity index (χ0n) is 19.0. The fourth-order valence-electron chi connectivity index (χ4n) is 3.71. The number of amides is 1. The van der Waals surface area contributed by atoms with Gasteiger partial charge in [0.25, 0.3) is 5.56 Å². The first-order valence-corrected chi connectivity index (χ1v) is 11.6. The summed E-state index contributed by atoms with van der Waals surface area (Å²) in [7, 11) is 0. The molecule has 0 fully saturated rings. The summed E-state index contributed by atoms with van der Waals surface area (Å²) < 4.78 is 5.78. The van der Waals surface area contributed by atoms with Gasteiger partial charge in [0.2, 0.25) is 5.91 Å². The second kappa shape index (κ2) is 11.0. The number of ether oxygens (including phenoxy) is 1. The van der Waals surface area contributed by atoms with E-state index < -0.39 is 0 Å². The molecule has 0 aliphatic heterocycles. The lowest BCUT2D eigenvalue weighted by atomic mass is 10.2. The third-order valence-corrected chi connectivity index (χ3v) is 5.93. The highest BCUT2D eigenvalue weighted by Crippen LogP contribution is 2.21. The molecule has 174 valence electrons. The lowest BCUT2D eigenvalue weighted by Crippen LogP contribution is -2.31. The summed E-state index contributed by atoms with van der Waals surface area (Å²) in [4.78, 5) is 34.7. The fourth-order valence-corrected chi connectivity index (χ4v) is 3.82. The molecule has 0 aliphatic rings. The third kappa shape index (κ3) is 6.02. The summed E-state index contributed by atoms with van der Waals surface area (Å²) in [5.41, 5.74) is 2.35. The Hall–Kier alpha value is -3.64. The van der Waals surface area contributed by atoms with Crippen LogP contribution in [0.3, 0.4) is 0 Å². The predicted molar refractivity (Wildman–Crippen MR) is 134 cm³/mol. The number of carbonyl (C=O) groups is 1. The number of nitrogens with one attached hydrogen (secondary N) is 1. The van der Waals surface area contributed by atoms with E-state index in [1.165, 1.54) is 0 Å². The number of aryl methyl sites for hydroxylation is 1. The first-order valence-electron chi connectivity index (χ1n) is 11.2. The van der Waals surface area contributed by atoms with E-state index in [1.807, 2.05) is 55.5 Å². The highest BCUT2D eigenvalue weighted by atomic mass is 35.5. The monoisotopic (exact) mass is 475 g/mol. The molecule has 7 heteroatoms. The van der Waals surface area contributed by atoms with Gasteiger partial charge in [0.05, 0.1) is 24.1 Å². The van der Waals surface area contributed by atoms with Gasteiger partial charge in [-0.15, -0.1) is 0 Å². The highest BCUT2D eigenvalue weighted by molar-refractivity contribution is 6.31. The number of rotatable bonds is 9. The van der Waals surface area contributed by atoms with E-state index in [0.29, 0.717) is 47.7 Å². The van der Waals surface area contributed by atoms with Gasteiger partial charge in [-0.3, -0.25) is 9.59 Å². The number of aromatic nitrogens is 2. The average Bonchev–Trinajstić information content (AvgIpc) is 2.84. The second-order valence-electron chi connectivity index (χ2n) is 8.13. The van der Waals surface area contributed by atoms with E-state index in [-0.39, 0.29) is 18.0 Å². The summed E-state index contributed by atoms with van der Waals surface area (Å²) in [6.45, 7) is 2.97. The number of carbonyl (C=O) groups excluding carboxylic acids is 1. The normalized spacial score (nSPS) is 10.9. The minimum absolute atomic E-state index is 0.0319. The fraction of sp³-hybridized carbons (Fsp3) is 0.222. The van der Waals surface area contributed by atoms with E-state index in [1.54, 1.807) is 29.2 Å². The number of H-pyrrole nitrogens is 1. The lowest BCUT2D eigenvalue weighted by molar-refractivity contribution is -0.132. The summed E-state index contributed by atoms with van der Waals surface area (Å²) in [6.07, 6.45) is 0.880. The van der Waals surface area contributed by atoms with E-state index in [9.17, 15) is 9.59 Å². The van der Waals surface area contributed by atoms with Gasteiger partial charge in [-0.2, -0.15) is 0 Å². The standard InChI is InChI=1S/C27H26ClN3O3/c1-19-16-21(13-14-23(19)28)34-15-7-12-26(32)31(17-20-8-3-2-4-9-20)18-25-29-24-11-6-5-10-22(24)27(33)30-25/h2-6,8-11,13-14,16H,7,12,15,17-18H2,1H3,(H,29,30,33). The van der Waals surface area contributed by atoms with Crippen molar-refractivity contribution < 1.29 is 9.53 Å². The van der Waals surface area contributed by atoms with Crippen LogP contribution in [0, 0.1) is 6.92 Å². The van der Waals surface area contributed by atoms with Gasteiger partial charge in [0.15, 0.2) is 0 Å². The molecule has 0 unspecified atom stereocenters. The molecular formula is C27H26ClN3O3. The molecule has 1 aromatic heterocycles. The van der Waals surface area contributed by atoms with Crippen molar-refractivity contribution in [3.05, 3.63) is 105 Å². The van der Waals surface area contributed by atoms with Crippen LogP contribution in [0.1, 0.15) is 29.8 Å². The Labute approximate surface area is 203 Å². The molecule has 0 saturated carbocycles. The van der Waals surface area contributed by atoms with Crippen LogP contribution < -0.4 is 10.3 Å². The lowest BCUT2D eigenvalue weighted by Gasteiger charge is -2.22. The summed E-state index contributed by atoms with van der Waals surface area (Å²) in [6, 6.07) is 22.5. The first kappa shape index (κ1) is 23.5. The number of halogens is 1. The molecule has 1 heterocycles. The molecule has 0 atom stereocenters. The number of benzene rings is 3. The number of nitrogens with zero attached hydrogens (tertiary/aromatic N) is 2. The minimum atomic E-state index is -0.209. The van der Waals surface area contributed by atoms with Gasteiger partial charge in [-0.1, -0.05) is 54.1 Å². The average molecular weight is 476 g/mol. The molecule has 3 aromatic carbocycles. The molecule has 6 nitrogen and oxygen atoms in total. The highest BCUT2D eigenvalue weighted by Gasteiger charge is 2.16. The molecule has 0 bridgehead atoms. The number of hydrogen-bond acceptors (Lipinski definition) is 4. The van der Waals surface area contributed by atoms with Crippen LogP contribution in [0.2, 0.25) is 5.02 Å². The van der Waals surface area contributed by atoms with Crippen LogP contribution in [-0.2, 0) is 17.9 Å². The summed E-state index contributed by atoms with van der Waals surface area (Å²) in [5, 5.41) is 1.22. The van der Waals surface area contributed by atoms with E-state index in [0.717, 1.165) is 16.9 Å². The first-order chi connectivity index (χ1) is 16.5. The van der Waals surface area contributed by atoms with Crippen LogP contribution in [-0.4, -0.2) is 27.4 Å². The second-order valence-corrected chi connectivity index (χ2v) is 8.54. The molecule has 0 aliphatic carbocycles. The maximum absolute atomic E-state index is 13.1. The molecular weight excluding hydrogens is 450 g/mol. The maximum Gasteiger partial charge on any atom is 0.258 e. The molecule has 0 radical (unpaired) electrons. The van der Waals surface area contributed by atoms with Gasteiger partial charge in [-0.25, -0.2) is 4.98 Å². The van der Waals surface area contributed by atoms with Crippen LogP contribution in [0.25, 0.3) is 10.9 Å². The molecule has 1 N–H and O–H groups in total. The van der Waals surface area contributed by atoms with Gasteiger partial charge < -0.3 is 14.6 Å². The smallest absolute Gasteiger partial charge is 0.258 e. The van der Waals surface area contributed by atoms with E-state index >= 15 is 0 Å². The molecule has 34 heavy (non-hydrogen) atoms. The maximum atomic E-state index is 13.1. The molecule has 1 amide bonds. The van der Waals surface area contributed by atoms with E-state index in [2.05, 4.69) is 9.97 Å². The summed E-state index contributed by atoms with van der Waals surface area (Å²) in [5.74, 6) is 1.16. The molecule has 4 aromatic rings. The van der Waals surface area contributed by atoms with Gasteiger partial charge in [0, 0.05) is 18.0 Å². The SMILES string of the molecule is Cc1cc(OCCCC(=O)N(Cc2ccccc2)Cc2nc3ccccc3c(=O)[nH]2)ccc1Cl. The quantitative estimate of drug-likeness (QED) is 0.334. The molecule has 0 spiro atoms. The van der Waals surface area contributed by atoms with Crippen molar-refractivity contribution >= 4 is 28.4 Å². The van der Waals surface area contributed by atoms with Crippen LogP contribution in [0.4, 0.5) is 0 Å². The van der Waals surface area contributed by atoms with Crippen molar-refractivity contribution in [3.8, 4) is 5.75 Å². The third-order valence-electron chi connectivity index (χ3n) is 5.50. The Bertz CT molecular complexity index is 1340. The molecule has 0 saturated heterocycles. The van der Waals surface area contributed by atoms with Crippen LogP contribution in [0.15, 0.2) is 77.6 Å². The number of aromatic amines is 1. The van der Waals surface area contributed by atoms with Crippen molar-refractivity contribution in [1.82, 2.24) is 14.9 Å². The summed E-state index contributed by atoms with van der Waals surface area (Å²) >= 11 is 6.06. The zero-order valence-corrected chi connectivity index (χ0v) is 19.7. The van der Waals surface area contributed by atoms with Gasteiger partial charge >= 0.3 is 0 Å². The minimum Gasteiger partial charge on any atom is -0.494 e. The number of fused-ring (bicyclic) bond motifs is 1. The number of para-hydroxylation sites is 1. The van der Waals surface area contributed by atoms with Crippen molar-refractivity contribution in [3.63, 3.8) is 0 Å². The number of hydrogen-bond donors (Lipinski definition) is 1. The topological polar surface area (TPSA) is 75.3 Å². The Kier molecular flexibility index (Phi) is 7.60. The van der Waals surface area contributed by atoms with Crippen molar-refractivity contribution in [2.75, 3.05) is 6.61 Å². The Balaban J connectivity index is 1.44. The Morgan fingerprint density at radius 1 is 1.03 bits per heavy atom. The van der Waals surface area contributed by atoms with Gasteiger partial charge in [0.1, 0.15) is 11.6 Å². The van der Waals surface area contributed by atoms with Crippen LogP contribution >= 0.6 is 11.6 Å². The van der Waals surface area contributed by atoms with Gasteiger partial charge in [-0.05, 0) is 54.8 Å². The predicted octanol–water partition coefficient (Wildman–Crippen LogP) is 5.27. The molecule has 4 rings (SSSR count). The van der Waals surface area contributed by atoms with Crippen molar-refractivity contribution in [2.24, 2.45) is 0 Å². The Morgan fingerprint density at radius 2 is 1.79 bits per heavy atom. The van der Waals surface area contributed by atoms with Crippen LogP contribution in [0.5, 0.6) is 5.75 Å². The largest absolute Gasteiger partial charge is 0.494 e. The zero-order chi connectivity index (χ0) is 23.9. The van der Waals surface area contributed by atoms with E-state index in [4.69, 9.17) is 16.3 Å². The van der Waals surface area contributed by atoms with Crippen molar-refractivity contribution in [1.29, 1.82) is 0 Å².